The van der Waals surface area contributed by atoms with Gasteiger partial charge in [0, 0.05) is 19.6 Å². The van der Waals surface area contributed by atoms with E-state index in [4.69, 9.17) is 0 Å². The monoisotopic (exact) mass is 395 g/mol. The Kier molecular flexibility index (Phi) is 5.46. The standard InChI is InChI=1S/C20H22FN7O/c1-14-11-23-18(13-22-14)24-12-15-5-9-27(10-6-15)20(29)19-16(21)3-2-4-17(19)28-25-7-8-26-28/h2-4,7-8,11,13,15H,5-6,9-10,12H2,1H3,(H,23,24). The Morgan fingerprint density at radius 2 is 1.93 bits per heavy atom. The van der Waals surface area contributed by atoms with E-state index in [1.165, 1.54) is 23.3 Å². The minimum atomic E-state index is -0.563. The summed E-state index contributed by atoms with van der Waals surface area (Å²) in [6, 6.07) is 4.49. The number of aromatic nitrogens is 5. The number of benzene rings is 1. The first-order chi connectivity index (χ1) is 14.1. The number of amides is 1. The molecule has 2 aromatic heterocycles. The molecule has 3 aromatic rings. The van der Waals surface area contributed by atoms with Crippen molar-refractivity contribution < 1.29 is 9.18 Å². The third kappa shape index (κ3) is 4.23. The Balaban J connectivity index is 1.39. The third-order valence-corrected chi connectivity index (χ3v) is 5.09. The highest BCUT2D eigenvalue weighted by atomic mass is 19.1. The van der Waals surface area contributed by atoms with Gasteiger partial charge in [-0.25, -0.2) is 9.37 Å². The first kappa shape index (κ1) is 19.0. The van der Waals surface area contributed by atoms with E-state index in [2.05, 4.69) is 25.5 Å². The number of hydrogen-bond donors (Lipinski definition) is 1. The van der Waals surface area contributed by atoms with Crippen molar-refractivity contribution in [1.29, 1.82) is 0 Å². The zero-order valence-corrected chi connectivity index (χ0v) is 16.1. The Hall–Kier alpha value is -3.36. The topological polar surface area (TPSA) is 88.8 Å². The average Bonchev–Trinajstić information content (AvgIpc) is 3.28. The molecule has 150 valence electrons. The Morgan fingerprint density at radius 1 is 1.17 bits per heavy atom. The fourth-order valence-corrected chi connectivity index (χ4v) is 3.46. The summed E-state index contributed by atoms with van der Waals surface area (Å²) in [5, 5.41) is 11.4. The number of rotatable bonds is 5. The summed E-state index contributed by atoms with van der Waals surface area (Å²) in [4.78, 5) is 24.5. The van der Waals surface area contributed by atoms with Gasteiger partial charge in [-0.2, -0.15) is 15.0 Å². The molecule has 0 aliphatic carbocycles. The van der Waals surface area contributed by atoms with Crippen LogP contribution >= 0.6 is 0 Å². The third-order valence-electron chi connectivity index (χ3n) is 5.09. The van der Waals surface area contributed by atoms with Crippen LogP contribution in [0, 0.1) is 18.7 Å². The van der Waals surface area contributed by atoms with Crippen LogP contribution in [0.5, 0.6) is 0 Å². The van der Waals surface area contributed by atoms with Gasteiger partial charge in [0.25, 0.3) is 5.91 Å². The van der Waals surface area contributed by atoms with Gasteiger partial charge in [-0.15, -0.1) is 0 Å². The van der Waals surface area contributed by atoms with Gasteiger partial charge in [0.2, 0.25) is 0 Å². The van der Waals surface area contributed by atoms with E-state index in [-0.39, 0.29) is 11.5 Å². The number of anilines is 1. The maximum atomic E-state index is 14.5. The van der Waals surface area contributed by atoms with Crippen molar-refractivity contribution in [3.8, 4) is 5.69 Å². The molecule has 0 bridgehead atoms. The average molecular weight is 395 g/mol. The summed E-state index contributed by atoms with van der Waals surface area (Å²) in [5.74, 6) is 0.268. The zero-order valence-electron chi connectivity index (χ0n) is 16.1. The van der Waals surface area contributed by atoms with Gasteiger partial charge < -0.3 is 10.2 Å². The largest absolute Gasteiger partial charge is 0.369 e. The van der Waals surface area contributed by atoms with Crippen LogP contribution < -0.4 is 5.32 Å². The van der Waals surface area contributed by atoms with Crippen molar-refractivity contribution in [1.82, 2.24) is 29.9 Å². The van der Waals surface area contributed by atoms with E-state index >= 15 is 0 Å². The molecule has 1 amide bonds. The van der Waals surface area contributed by atoms with E-state index in [9.17, 15) is 9.18 Å². The van der Waals surface area contributed by atoms with Gasteiger partial charge in [0.1, 0.15) is 22.9 Å². The van der Waals surface area contributed by atoms with E-state index in [1.54, 1.807) is 29.4 Å². The molecule has 0 spiro atoms. The van der Waals surface area contributed by atoms with Crippen LogP contribution in [0.15, 0.2) is 43.0 Å². The van der Waals surface area contributed by atoms with Gasteiger partial charge >= 0.3 is 0 Å². The first-order valence-electron chi connectivity index (χ1n) is 9.59. The number of nitrogens with one attached hydrogen (secondary N) is 1. The lowest BCUT2D eigenvalue weighted by Gasteiger charge is -2.32. The van der Waals surface area contributed by atoms with Crippen LogP contribution in [-0.4, -0.2) is 55.4 Å². The molecule has 1 aromatic carbocycles. The summed E-state index contributed by atoms with van der Waals surface area (Å²) in [6.45, 7) is 3.81. The summed E-state index contributed by atoms with van der Waals surface area (Å²) in [6.07, 6.45) is 8.11. The van der Waals surface area contributed by atoms with Crippen molar-refractivity contribution in [3.63, 3.8) is 0 Å². The van der Waals surface area contributed by atoms with E-state index in [1.807, 2.05) is 6.92 Å². The number of aryl methyl sites for hydroxylation is 1. The molecular weight excluding hydrogens is 373 g/mol. The lowest BCUT2D eigenvalue weighted by Crippen LogP contribution is -2.40. The molecular formula is C20H22FN7O. The van der Waals surface area contributed by atoms with Crippen LogP contribution in [0.4, 0.5) is 10.2 Å². The predicted molar refractivity (Wildman–Crippen MR) is 105 cm³/mol. The maximum absolute atomic E-state index is 14.5. The van der Waals surface area contributed by atoms with Crippen LogP contribution in [0.1, 0.15) is 28.9 Å². The smallest absolute Gasteiger partial charge is 0.259 e. The maximum Gasteiger partial charge on any atom is 0.259 e. The SMILES string of the molecule is Cc1cnc(NCC2CCN(C(=O)c3c(F)cccc3-n3nccn3)CC2)cn1. The molecule has 29 heavy (non-hydrogen) atoms. The van der Waals surface area contributed by atoms with E-state index < -0.39 is 5.82 Å². The fourth-order valence-electron chi connectivity index (χ4n) is 3.46. The molecule has 1 aliphatic heterocycles. The molecule has 0 atom stereocenters. The van der Waals surface area contributed by atoms with Gasteiger partial charge in [-0.1, -0.05) is 6.07 Å². The molecule has 0 saturated carbocycles. The van der Waals surface area contributed by atoms with Crippen LogP contribution in [0.2, 0.25) is 0 Å². The summed E-state index contributed by atoms with van der Waals surface area (Å²) in [5.41, 5.74) is 1.23. The molecule has 1 N–H and O–H groups in total. The molecule has 0 radical (unpaired) electrons. The molecule has 1 fully saturated rings. The highest BCUT2D eigenvalue weighted by molar-refractivity contribution is 5.98. The summed E-state index contributed by atoms with van der Waals surface area (Å²) >= 11 is 0. The fraction of sp³-hybridized carbons (Fsp3) is 0.350. The first-order valence-corrected chi connectivity index (χ1v) is 9.59. The molecule has 9 heteroatoms. The lowest BCUT2D eigenvalue weighted by molar-refractivity contribution is 0.0690. The van der Waals surface area contributed by atoms with Crippen molar-refractivity contribution >= 4 is 11.7 Å². The molecule has 1 aliphatic rings. The Labute approximate surface area is 167 Å². The predicted octanol–water partition coefficient (Wildman–Crippen LogP) is 2.47. The van der Waals surface area contributed by atoms with Crippen LogP contribution in [0.25, 0.3) is 5.69 Å². The highest BCUT2D eigenvalue weighted by Gasteiger charge is 2.28. The lowest BCUT2D eigenvalue weighted by atomic mass is 9.96. The minimum absolute atomic E-state index is 0.00945. The number of halogens is 1. The number of likely N-dealkylation sites (tertiary alicyclic amines) is 1. The van der Waals surface area contributed by atoms with Crippen molar-refractivity contribution in [2.75, 3.05) is 25.0 Å². The number of piperidine rings is 1. The van der Waals surface area contributed by atoms with Crippen molar-refractivity contribution in [3.05, 3.63) is 60.1 Å². The summed E-state index contributed by atoms with van der Waals surface area (Å²) < 4.78 is 14.5. The molecule has 1 saturated heterocycles. The van der Waals surface area contributed by atoms with Gasteiger partial charge in [-0.05, 0) is 37.8 Å². The molecule has 4 rings (SSSR count). The zero-order chi connectivity index (χ0) is 20.2. The Bertz CT molecular complexity index is 967. The second-order valence-corrected chi connectivity index (χ2v) is 7.11. The van der Waals surface area contributed by atoms with Crippen molar-refractivity contribution in [2.24, 2.45) is 5.92 Å². The van der Waals surface area contributed by atoms with Gasteiger partial charge in [-0.3, -0.25) is 9.78 Å². The van der Waals surface area contributed by atoms with E-state index in [0.29, 0.717) is 24.7 Å². The minimum Gasteiger partial charge on any atom is -0.369 e. The second-order valence-electron chi connectivity index (χ2n) is 7.11. The van der Waals surface area contributed by atoms with E-state index in [0.717, 1.165) is 30.9 Å². The molecule has 3 heterocycles. The quantitative estimate of drug-likeness (QED) is 0.714. The second kappa shape index (κ2) is 8.34. The van der Waals surface area contributed by atoms with Crippen molar-refractivity contribution in [2.45, 2.75) is 19.8 Å². The van der Waals surface area contributed by atoms with Crippen LogP contribution in [-0.2, 0) is 0 Å². The number of nitrogens with zero attached hydrogens (tertiary/aromatic N) is 6. The van der Waals surface area contributed by atoms with Crippen LogP contribution in [0.3, 0.4) is 0 Å². The summed E-state index contributed by atoms with van der Waals surface area (Å²) in [7, 11) is 0. The van der Waals surface area contributed by atoms with Gasteiger partial charge in [0.05, 0.1) is 30.5 Å². The Morgan fingerprint density at radius 3 is 2.62 bits per heavy atom. The molecule has 0 unspecified atom stereocenters. The normalized spacial score (nSPS) is 14.8. The number of carbonyl (C=O) groups is 1. The highest BCUT2D eigenvalue weighted by Crippen LogP contribution is 2.23. The molecule has 8 nitrogen and oxygen atoms in total. The number of carbonyl (C=O) groups excluding carboxylic acids is 1. The van der Waals surface area contributed by atoms with Gasteiger partial charge in [0.15, 0.2) is 0 Å². The number of hydrogen-bond acceptors (Lipinski definition) is 6.